The van der Waals surface area contributed by atoms with Gasteiger partial charge in [0.15, 0.2) is 11.6 Å². The Morgan fingerprint density at radius 3 is 2.32 bits per heavy atom. The molecule has 1 N–H and O–H groups in total. The highest BCUT2D eigenvalue weighted by atomic mass is 35.5. The molecule has 2 saturated heterocycles. The van der Waals surface area contributed by atoms with Gasteiger partial charge in [0.25, 0.3) is 11.8 Å². The van der Waals surface area contributed by atoms with E-state index in [4.69, 9.17) is 16.9 Å². The van der Waals surface area contributed by atoms with Crippen LogP contribution in [0.1, 0.15) is 46.1 Å². The van der Waals surface area contributed by atoms with Crippen LogP contribution in [0.25, 0.3) is 0 Å². The minimum Gasteiger partial charge on any atom is -0.353 e. The average Bonchev–Trinajstić information content (AvgIpc) is 3.01. The molecular weight excluding hydrogens is 550 g/mol. The number of rotatable bonds is 6. The van der Waals surface area contributed by atoms with Crippen LogP contribution in [0.15, 0.2) is 54.7 Å². The molecule has 3 aromatic rings. The second-order valence-corrected chi connectivity index (χ2v) is 10.6. The van der Waals surface area contributed by atoms with Crippen LogP contribution in [0.2, 0.25) is 5.02 Å². The third-order valence-electron chi connectivity index (χ3n) is 7.66. The lowest BCUT2D eigenvalue weighted by Crippen LogP contribution is -2.54. The smallest absolute Gasteiger partial charge is 0.253 e. The van der Waals surface area contributed by atoms with Gasteiger partial charge in [-0.15, -0.1) is 0 Å². The second-order valence-electron chi connectivity index (χ2n) is 10.2. The fraction of sp³-hybridized carbons (Fsp3) is 0.333. The first-order valence-electron chi connectivity index (χ1n) is 13.5. The molecule has 2 aliphatic rings. The topological polar surface area (TPSA) is 92.6 Å². The predicted molar refractivity (Wildman–Crippen MR) is 153 cm³/mol. The Morgan fingerprint density at radius 2 is 1.68 bits per heavy atom. The standard InChI is InChI=1S/C30H29ClF2N6O2.H2/c31-25-16-23(29(40)36-18-21-3-6-26(32)27(33)15-21)19-35-28(25)38-13-11-37(12-14-38)24-7-9-39(10-8-24)30(41)22-4-1-20(17-34)2-5-22;/h1-6,15-16,19,24H,7-14,18H2,(H,36,40);1H. The monoisotopic (exact) mass is 580 g/mol. The van der Waals surface area contributed by atoms with Crippen LogP contribution >= 0.6 is 11.6 Å². The number of amides is 2. The summed E-state index contributed by atoms with van der Waals surface area (Å²) in [6, 6.07) is 14.3. The third-order valence-corrected chi connectivity index (χ3v) is 7.94. The van der Waals surface area contributed by atoms with E-state index in [1.807, 2.05) is 4.90 Å². The zero-order valence-electron chi connectivity index (χ0n) is 22.3. The first kappa shape index (κ1) is 28.5. The van der Waals surface area contributed by atoms with Crippen molar-refractivity contribution in [3.05, 3.63) is 93.6 Å². The van der Waals surface area contributed by atoms with E-state index in [1.165, 1.54) is 12.3 Å². The van der Waals surface area contributed by atoms with Crippen molar-refractivity contribution in [3.8, 4) is 6.07 Å². The van der Waals surface area contributed by atoms with Crippen molar-refractivity contribution in [2.75, 3.05) is 44.2 Å². The van der Waals surface area contributed by atoms with Crippen molar-refractivity contribution in [3.63, 3.8) is 0 Å². The van der Waals surface area contributed by atoms with Crippen LogP contribution in [0.3, 0.4) is 0 Å². The number of aromatic nitrogens is 1. The molecule has 3 heterocycles. The van der Waals surface area contributed by atoms with E-state index in [0.717, 1.165) is 51.2 Å². The molecular formula is C30H31ClF2N6O2. The van der Waals surface area contributed by atoms with Crippen molar-refractivity contribution in [1.29, 1.82) is 5.26 Å². The second kappa shape index (κ2) is 12.6. The lowest BCUT2D eigenvalue weighted by atomic mass is 10.0. The summed E-state index contributed by atoms with van der Waals surface area (Å²) in [5.41, 5.74) is 1.86. The minimum atomic E-state index is -0.967. The Hall–Kier alpha value is -4.07. The van der Waals surface area contributed by atoms with Gasteiger partial charge in [-0.3, -0.25) is 14.5 Å². The van der Waals surface area contributed by atoms with E-state index in [0.29, 0.717) is 46.7 Å². The number of hydrogen-bond acceptors (Lipinski definition) is 6. The van der Waals surface area contributed by atoms with Crippen LogP contribution in [0.5, 0.6) is 0 Å². The highest BCUT2D eigenvalue weighted by Crippen LogP contribution is 2.27. The van der Waals surface area contributed by atoms with Crippen molar-refractivity contribution in [1.82, 2.24) is 20.1 Å². The summed E-state index contributed by atoms with van der Waals surface area (Å²) in [5.74, 6) is -1.70. The lowest BCUT2D eigenvalue weighted by molar-refractivity contribution is 0.0610. The number of piperazine rings is 1. The first-order chi connectivity index (χ1) is 19.8. The van der Waals surface area contributed by atoms with Gasteiger partial charge in [-0.25, -0.2) is 13.8 Å². The van der Waals surface area contributed by atoms with Gasteiger partial charge in [-0.05, 0) is 60.9 Å². The molecule has 2 aliphatic heterocycles. The molecule has 5 rings (SSSR count). The molecule has 0 spiro atoms. The Balaban J connectivity index is 0.00000405. The van der Waals surface area contributed by atoms with Crippen molar-refractivity contribution in [2.45, 2.75) is 25.4 Å². The summed E-state index contributed by atoms with van der Waals surface area (Å²) in [6.45, 7) is 4.57. The van der Waals surface area contributed by atoms with Crippen LogP contribution in [-0.4, -0.2) is 71.9 Å². The van der Waals surface area contributed by atoms with Gasteiger partial charge in [0, 0.05) is 65.0 Å². The van der Waals surface area contributed by atoms with Gasteiger partial charge in [-0.1, -0.05) is 17.7 Å². The van der Waals surface area contributed by atoms with Gasteiger partial charge < -0.3 is 15.1 Å². The average molecular weight is 581 g/mol. The molecule has 0 bridgehead atoms. The Labute approximate surface area is 243 Å². The summed E-state index contributed by atoms with van der Waals surface area (Å²) in [6.07, 6.45) is 3.26. The van der Waals surface area contributed by atoms with Crippen molar-refractivity contribution >= 4 is 29.2 Å². The fourth-order valence-corrected chi connectivity index (χ4v) is 5.61. The number of piperidine rings is 1. The fourth-order valence-electron chi connectivity index (χ4n) is 5.32. The third kappa shape index (κ3) is 6.64. The quantitative estimate of drug-likeness (QED) is 0.462. The van der Waals surface area contributed by atoms with Gasteiger partial charge in [0.2, 0.25) is 0 Å². The lowest BCUT2D eigenvalue weighted by Gasteiger charge is -2.43. The van der Waals surface area contributed by atoms with Crippen LogP contribution < -0.4 is 10.2 Å². The maximum atomic E-state index is 13.4. The van der Waals surface area contributed by atoms with E-state index < -0.39 is 17.5 Å². The Bertz CT molecular complexity index is 1470. The molecule has 0 saturated carbocycles. The Kier molecular flexibility index (Phi) is 8.76. The molecule has 41 heavy (non-hydrogen) atoms. The van der Waals surface area contributed by atoms with Crippen molar-refractivity contribution < 1.29 is 19.8 Å². The number of carbonyl (C=O) groups excluding carboxylic acids is 2. The summed E-state index contributed by atoms with van der Waals surface area (Å²) >= 11 is 6.52. The maximum absolute atomic E-state index is 13.4. The summed E-state index contributed by atoms with van der Waals surface area (Å²) in [7, 11) is 0. The number of pyridine rings is 1. The molecule has 0 radical (unpaired) electrons. The molecule has 0 atom stereocenters. The van der Waals surface area contributed by atoms with Crippen LogP contribution in [0.4, 0.5) is 14.6 Å². The van der Waals surface area contributed by atoms with E-state index >= 15 is 0 Å². The molecule has 2 amide bonds. The van der Waals surface area contributed by atoms with Gasteiger partial charge >= 0.3 is 0 Å². The van der Waals surface area contributed by atoms with Gasteiger partial charge in [0.05, 0.1) is 22.2 Å². The number of carbonyl (C=O) groups is 2. The molecule has 0 unspecified atom stereocenters. The maximum Gasteiger partial charge on any atom is 0.253 e. The number of benzene rings is 2. The van der Waals surface area contributed by atoms with Crippen molar-refractivity contribution in [2.24, 2.45) is 0 Å². The number of anilines is 1. The van der Waals surface area contributed by atoms with Gasteiger partial charge in [0.1, 0.15) is 5.82 Å². The zero-order valence-corrected chi connectivity index (χ0v) is 23.1. The van der Waals surface area contributed by atoms with E-state index in [-0.39, 0.29) is 19.4 Å². The molecule has 214 valence electrons. The summed E-state index contributed by atoms with van der Waals surface area (Å²) in [4.78, 5) is 36.3. The largest absolute Gasteiger partial charge is 0.353 e. The summed E-state index contributed by atoms with van der Waals surface area (Å²) < 4.78 is 26.5. The van der Waals surface area contributed by atoms with Crippen LogP contribution in [0, 0.1) is 23.0 Å². The highest BCUT2D eigenvalue weighted by molar-refractivity contribution is 6.33. The number of nitriles is 1. The molecule has 2 aromatic carbocycles. The summed E-state index contributed by atoms with van der Waals surface area (Å²) in [5, 5.41) is 12.0. The zero-order chi connectivity index (χ0) is 28.9. The number of likely N-dealkylation sites (tertiary alicyclic amines) is 1. The normalized spacial score (nSPS) is 16.3. The highest BCUT2D eigenvalue weighted by Gasteiger charge is 2.30. The Morgan fingerprint density at radius 1 is 0.976 bits per heavy atom. The van der Waals surface area contributed by atoms with E-state index in [9.17, 15) is 18.4 Å². The number of halogens is 3. The molecule has 0 aliphatic carbocycles. The predicted octanol–water partition coefficient (Wildman–Crippen LogP) is 4.49. The van der Waals surface area contributed by atoms with E-state index in [1.54, 1.807) is 30.3 Å². The molecule has 2 fully saturated rings. The van der Waals surface area contributed by atoms with E-state index in [2.05, 4.69) is 26.2 Å². The SMILES string of the molecule is N#Cc1ccc(C(=O)N2CCC(N3CCN(c4ncc(C(=O)NCc5ccc(F)c(F)c5)cc4Cl)CC3)CC2)cc1.[HH]. The number of nitrogens with one attached hydrogen (secondary N) is 1. The molecule has 1 aromatic heterocycles. The number of hydrogen-bond donors (Lipinski definition) is 1. The molecule has 11 heteroatoms. The minimum absolute atomic E-state index is 0. The molecule has 8 nitrogen and oxygen atoms in total. The van der Waals surface area contributed by atoms with Crippen LogP contribution in [-0.2, 0) is 6.54 Å². The van der Waals surface area contributed by atoms with Gasteiger partial charge in [-0.2, -0.15) is 5.26 Å². The number of nitrogens with zero attached hydrogens (tertiary/aromatic N) is 5. The first-order valence-corrected chi connectivity index (χ1v) is 13.9.